The first-order chi connectivity index (χ1) is 22.5. The minimum absolute atomic E-state index is 0.302. The summed E-state index contributed by atoms with van der Waals surface area (Å²) < 4.78 is 14.2. The number of rotatable bonds is 11. The van der Waals surface area contributed by atoms with Crippen molar-refractivity contribution in [3.63, 3.8) is 0 Å². The first kappa shape index (κ1) is 30.2. The Morgan fingerprint density at radius 1 is 0.870 bits per heavy atom. The lowest BCUT2D eigenvalue weighted by Gasteiger charge is -2.16. The van der Waals surface area contributed by atoms with Gasteiger partial charge in [-0.2, -0.15) is 5.10 Å². The summed E-state index contributed by atoms with van der Waals surface area (Å²) in [4.78, 5) is 12.9. The van der Waals surface area contributed by atoms with Crippen LogP contribution < -0.4 is 14.9 Å². The predicted octanol–water partition coefficient (Wildman–Crippen LogP) is 8.69. The second-order valence-corrected chi connectivity index (χ2v) is 11.0. The zero-order valence-corrected chi connectivity index (χ0v) is 25.9. The normalized spacial score (nSPS) is 11.1. The highest BCUT2D eigenvalue weighted by Gasteiger charge is 2.14. The largest absolute Gasteiger partial charge is 0.493 e. The van der Waals surface area contributed by atoms with Gasteiger partial charge in [0.25, 0.3) is 5.91 Å². The average molecular weight is 606 g/mol. The molecule has 6 nitrogen and oxygen atoms in total. The molecule has 6 heteroatoms. The number of allylic oxidation sites excluding steroid dienone is 1. The molecule has 0 saturated heterocycles. The smallest absolute Gasteiger partial charge is 0.271 e. The number of hydrazone groups is 1. The van der Waals surface area contributed by atoms with Crippen LogP contribution in [0, 0.1) is 6.92 Å². The summed E-state index contributed by atoms with van der Waals surface area (Å²) in [7, 11) is 1.61. The molecule has 1 heterocycles. The van der Waals surface area contributed by atoms with Crippen LogP contribution in [0.3, 0.4) is 0 Å². The molecule has 0 aliphatic heterocycles. The van der Waals surface area contributed by atoms with E-state index in [-0.39, 0.29) is 5.91 Å². The van der Waals surface area contributed by atoms with Gasteiger partial charge in [0, 0.05) is 22.5 Å². The number of amides is 1. The molecule has 5 aromatic carbocycles. The number of hydrogen-bond acceptors (Lipinski definition) is 4. The standard InChI is InChI=1S/C40H35N3O3/c1-4-10-35-24-30(25-38(45-3)39(35)46-27-29-16-17-31-11-8-9-14-34(31)23-29)26-41-42-40(44)33-18-20-36(21-19-33)43-28(2)15-22-37(43)32-12-6-5-7-13-32/h4-9,11-26H,1,10,27H2,2-3H3,(H,42,44)/b41-26+. The molecule has 1 amide bonds. The van der Waals surface area contributed by atoms with Gasteiger partial charge in [-0.25, -0.2) is 5.43 Å². The highest BCUT2D eigenvalue weighted by molar-refractivity contribution is 5.95. The van der Waals surface area contributed by atoms with Gasteiger partial charge in [0.2, 0.25) is 0 Å². The fraction of sp³-hybridized carbons (Fsp3) is 0.100. The SMILES string of the molecule is C=CCc1cc(/C=N/NC(=O)c2ccc(-n3c(C)ccc3-c3ccccc3)cc2)cc(OC)c1OCc1ccc2ccccc2c1. The van der Waals surface area contributed by atoms with E-state index in [1.807, 2.05) is 60.7 Å². The summed E-state index contributed by atoms with van der Waals surface area (Å²) in [6.45, 7) is 6.38. The first-order valence-corrected chi connectivity index (χ1v) is 15.1. The first-order valence-electron chi connectivity index (χ1n) is 15.1. The zero-order chi connectivity index (χ0) is 31.9. The number of hydrogen-bond donors (Lipinski definition) is 1. The molecule has 0 radical (unpaired) electrons. The van der Waals surface area contributed by atoms with Crippen LogP contribution in [-0.2, 0) is 13.0 Å². The molecule has 228 valence electrons. The molecule has 1 N–H and O–H groups in total. The van der Waals surface area contributed by atoms with E-state index in [1.165, 1.54) is 10.8 Å². The van der Waals surface area contributed by atoms with Crippen LogP contribution in [0.5, 0.6) is 11.5 Å². The molecule has 0 saturated carbocycles. The quantitative estimate of drug-likeness (QED) is 0.0913. The van der Waals surface area contributed by atoms with Crippen molar-refractivity contribution in [1.29, 1.82) is 0 Å². The number of nitrogens with zero attached hydrogens (tertiary/aromatic N) is 2. The van der Waals surface area contributed by atoms with Gasteiger partial charge in [-0.05, 0) is 95.4 Å². The third-order valence-corrected chi connectivity index (χ3v) is 7.85. The van der Waals surface area contributed by atoms with Crippen LogP contribution in [-0.4, -0.2) is 23.8 Å². The summed E-state index contributed by atoms with van der Waals surface area (Å²) in [5.74, 6) is 0.938. The van der Waals surface area contributed by atoms with Crippen LogP contribution in [0.15, 0.2) is 139 Å². The molecule has 1 aromatic heterocycles. The number of carbonyl (C=O) groups excluding carboxylic acids is 1. The summed E-state index contributed by atoms with van der Waals surface area (Å²) in [5.41, 5.74) is 10.2. The van der Waals surface area contributed by atoms with Gasteiger partial charge in [0.1, 0.15) is 6.61 Å². The average Bonchev–Trinajstić information content (AvgIpc) is 3.49. The van der Waals surface area contributed by atoms with Gasteiger partial charge in [0.05, 0.1) is 19.0 Å². The molecule has 0 spiro atoms. The molecule has 0 aliphatic carbocycles. The van der Waals surface area contributed by atoms with Crippen molar-refractivity contribution in [2.24, 2.45) is 5.10 Å². The second kappa shape index (κ2) is 13.8. The molecule has 0 fully saturated rings. The Morgan fingerprint density at radius 2 is 1.63 bits per heavy atom. The van der Waals surface area contributed by atoms with Crippen LogP contribution >= 0.6 is 0 Å². The Hall–Kier alpha value is -5.88. The fourth-order valence-electron chi connectivity index (χ4n) is 5.57. The number of benzene rings is 5. The Balaban J connectivity index is 1.15. The third-order valence-electron chi connectivity index (χ3n) is 7.85. The van der Waals surface area contributed by atoms with Crippen molar-refractivity contribution in [3.05, 3.63) is 162 Å². The van der Waals surface area contributed by atoms with Crippen LogP contribution in [0.4, 0.5) is 0 Å². The van der Waals surface area contributed by atoms with E-state index in [4.69, 9.17) is 9.47 Å². The Labute approximate surface area is 269 Å². The molecule has 0 aliphatic rings. The van der Waals surface area contributed by atoms with Crippen molar-refractivity contribution < 1.29 is 14.3 Å². The van der Waals surface area contributed by atoms with Gasteiger partial charge in [-0.3, -0.25) is 4.79 Å². The van der Waals surface area contributed by atoms with E-state index < -0.39 is 0 Å². The predicted molar refractivity (Wildman–Crippen MR) is 186 cm³/mol. The maximum Gasteiger partial charge on any atom is 0.271 e. The summed E-state index contributed by atoms with van der Waals surface area (Å²) in [5, 5.41) is 6.59. The summed E-state index contributed by atoms with van der Waals surface area (Å²) >= 11 is 0. The summed E-state index contributed by atoms with van der Waals surface area (Å²) in [6, 6.07) is 40.3. The minimum Gasteiger partial charge on any atom is -0.493 e. The van der Waals surface area contributed by atoms with Crippen molar-refractivity contribution in [3.8, 4) is 28.4 Å². The lowest BCUT2D eigenvalue weighted by molar-refractivity contribution is 0.0955. The maximum absolute atomic E-state index is 12.9. The monoisotopic (exact) mass is 605 g/mol. The molecule has 46 heavy (non-hydrogen) atoms. The van der Waals surface area contributed by atoms with Gasteiger partial charge in [0.15, 0.2) is 11.5 Å². The van der Waals surface area contributed by atoms with Crippen LogP contribution in [0.25, 0.3) is 27.7 Å². The number of ether oxygens (including phenoxy) is 2. The fourth-order valence-corrected chi connectivity index (χ4v) is 5.57. The molecular weight excluding hydrogens is 570 g/mol. The molecular formula is C40H35N3O3. The highest BCUT2D eigenvalue weighted by atomic mass is 16.5. The van der Waals surface area contributed by atoms with E-state index in [1.54, 1.807) is 25.5 Å². The molecule has 0 atom stereocenters. The highest BCUT2D eigenvalue weighted by Crippen LogP contribution is 2.34. The molecule has 6 aromatic rings. The number of aromatic nitrogens is 1. The van der Waals surface area contributed by atoms with Crippen molar-refractivity contribution in [1.82, 2.24) is 9.99 Å². The van der Waals surface area contributed by atoms with Crippen molar-refractivity contribution in [2.45, 2.75) is 20.0 Å². The number of aryl methyl sites for hydroxylation is 1. The van der Waals surface area contributed by atoms with E-state index in [0.717, 1.165) is 39.3 Å². The lowest BCUT2D eigenvalue weighted by Crippen LogP contribution is -2.17. The molecule has 0 bridgehead atoms. The Kier molecular flexibility index (Phi) is 9.07. The third kappa shape index (κ3) is 6.61. The Morgan fingerprint density at radius 3 is 2.39 bits per heavy atom. The van der Waals surface area contributed by atoms with Gasteiger partial charge >= 0.3 is 0 Å². The molecule has 6 rings (SSSR count). The number of carbonyl (C=O) groups is 1. The van der Waals surface area contributed by atoms with Crippen molar-refractivity contribution >= 4 is 22.9 Å². The number of nitrogens with one attached hydrogen (secondary N) is 1. The van der Waals surface area contributed by atoms with Gasteiger partial charge < -0.3 is 14.0 Å². The van der Waals surface area contributed by atoms with E-state index in [0.29, 0.717) is 30.1 Å². The Bertz CT molecular complexity index is 2030. The topological polar surface area (TPSA) is 64.9 Å². The van der Waals surface area contributed by atoms with Crippen LogP contribution in [0.1, 0.15) is 32.7 Å². The van der Waals surface area contributed by atoms with E-state index >= 15 is 0 Å². The number of fused-ring (bicyclic) bond motifs is 1. The molecule has 0 unspecified atom stereocenters. The van der Waals surface area contributed by atoms with Gasteiger partial charge in [-0.15, -0.1) is 6.58 Å². The summed E-state index contributed by atoms with van der Waals surface area (Å²) in [6.07, 6.45) is 4.00. The minimum atomic E-state index is -0.302. The van der Waals surface area contributed by atoms with E-state index in [2.05, 4.69) is 83.2 Å². The lowest BCUT2D eigenvalue weighted by atomic mass is 10.1. The second-order valence-electron chi connectivity index (χ2n) is 11.0. The van der Waals surface area contributed by atoms with Crippen molar-refractivity contribution in [2.75, 3.05) is 7.11 Å². The van der Waals surface area contributed by atoms with Gasteiger partial charge in [-0.1, -0.05) is 72.8 Å². The van der Waals surface area contributed by atoms with Crippen LogP contribution in [0.2, 0.25) is 0 Å². The van der Waals surface area contributed by atoms with E-state index in [9.17, 15) is 4.79 Å². The zero-order valence-electron chi connectivity index (χ0n) is 25.9. The number of methoxy groups -OCH3 is 1. The maximum atomic E-state index is 12.9.